The molecular formula is C28H33FN4O4. The number of likely N-dealkylation sites (N-methyl/N-ethyl adjacent to an activating group) is 1. The summed E-state index contributed by atoms with van der Waals surface area (Å²) in [6.45, 7) is 0. The summed E-state index contributed by atoms with van der Waals surface area (Å²) in [7, 11) is 6.48. The lowest BCUT2D eigenvalue weighted by molar-refractivity contribution is -0.132. The average molecular weight is 509 g/mol. The van der Waals surface area contributed by atoms with Gasteiger partial charge in [-0.1, -0.05) is 25.3 Å². The zero-order valence-corrected chi connectivity index (χ0v) is 21.7. The fraction of sp³-hybridized carbons (Fsp3) is 0.393. The number of carbonyl (C=O) groups excluding carboxylic acids is 2. The van der Waals surface area contributed by atoms with Crippen LogP contribution < -0.4 is 14.8 Å². The summed E-state index contributed by atoms with van der Waals surface area (Å²) in [5, 5.41) is 7.55. The molecule has 1 aromatic heterocycles. The normalized spacial score (nSPS) is 14.6. The zero-order chi connectivity index (χ0) is 26.5. The third kappa shape index (κ3) is 5.60. The van der Waals surface area contributed by atoms with Gasteiger partial charge in [0.15, 0.2) is 5.69 Å². The van der Waals surface area contributed by atoms with E-state index in [9.17, 15) is 14.0 Å². The van der Waals surface area contributed by atoms with Crippen LogP contribution in [0, 0.1) is 11.7 Å². The van der Waals surface area contributed by atoms with Crippen molar-refractivity contribution in [3.63, 3.8) is 0 Å². The molecule has 2 aromatic carbocycles. The molecule has 1 atom stereocenters. The van der Waals surface area contributed by atoms with E-state index in [4.69, 9.17) is 9.47 Å². The Labute approximate surface area is 216 Å². The number of hydrogen-bond acceptors (Lipinski definition) is 5. The smallest absolute Gasteiger partial charge is 0.272 e. The van der Waals surface area contributed by atoms with E-state index in [1.54, 1.807) is 69.4 Å². The number of nitrogens with zero attached hydrogens (tertiary/aromatic N) is 3. The van der Waals surface area contributed by atoms with Crippen LogP contribution in [0.15, 0.2) is 48.5 Å². The number of methoxy groups -OCH3 is 2. The molecule has 9 heteroatoms. The highest BCUT2D eigenvalue weighted by Gasteiger charge is 2.33. The Morgan fingerprint density at radius 2 is 1.65 bits per heavy atom. The fourth-order valence-electron chi connectivity index (χ4n) is 4.89. The third-order valence-corrected chi connectivity index (χ3v) is 6.81. The van der Waals surface area contributed by atoms with Crippen molar-refractivity contribution in [1.29, 1.82) is 0 Å². The largest absolute Gasteiger partial charge is 0.496 e. The van der Waals surface area contributed by atoms with E-state index in [1.807, 2.05) is 0 Å². The van der Waals surface area contributed by atoms with E-state index in [1.165, 1.54) is 17.0 Å². The zero-order valence-electron chi connectivity index (χ0n) is 21.7. The SMILES string of the molecule is COc1cccc(OC)c1-c1cc(C(=O)NC(C(=O)N(C)C)C2CCCCC2)nn1-c1ccc(F)cc1. The predicted octanol–water partition coefficient (Wildman–Crippen LogP) is 4.46. The van der Waals surface area contributed by atoms with E-state index in [0.29, 0.717) is 28.4 Å². The van der Waals surface area contributed by atoms with Gasteiger partial charge in [-0.2, -0.15) is 5.10 Å². The van der Waals surface area contributed by atoms with Crippen LogP contribution >= 0.6 is 0 Å². The number of hydrogen-bond donors (Lipinski definition) is 1. The first kappa shape index (κ1) is 26.2. The molecule has 1 fully saturated rings. The Hall–Kier alpha value is -3.88. The first-order valence-corrected chi connectivity index (χ1v) is 12.4. The summed E-state index contributed by atoms with van der Waals surface area (Å²) in [6.07, 6.45) is 4.99. The quantitative estimate of drug-likeness (QED) is 0.486. The van der Waals surface area contributed by atoms with Gasteiger partial charge in [0.05, 0.1) is 31.2 Å². The standard InChI is InChI=1S/C28H33FN4O4/c1-32(2)28(35)26(18-9-6-5-7-10-18)30-27(34)21-17-22(25-23(36-3)11-8-12-24(25)37-4)33(31-21)20-15-13-19(29)14-16-20/h8,11-18,26H,5-7,9-10H2,1-4H3,(H,30,34). The molecule has 196 valence electrons. The lowest BCUT2D eigenvalue weighted by Gasteiger charge is -2.31. The monoisotopic (exact) mass is 508 g/mol. The van der Waals surface area contributed by atoms with E-state index < -0.39 is 11.9 Å². The number of halogens is 1. The van der Waals surface area contributed by atoms with E-state index in [2.05, 4.69) is 10.4 Å². The van der Waals surface area contributed by atoms with Gasteiger partial charge in [0.2, 0.25) is 5.91 Å². The Kier molecular flexibility index (Phi) is 8.11. The first-order valence-electron chi connectivity index (χ1n) is 12.4. The summed E-state index contributed by atoms with van der Waals surface area (Å²) in [5.74, 6) is 0.143. The van der Waals surface area contributed by atoms with Gasteiger partial charge in [-0.25, -0.2) is 9.07 Å². The lowest BCUT2D eigenvalue weighted by atomic mass is 9.83. The minimum Gasteiger partial charge on any atom is -0.496 e. The number of rotatable bonds is 8. The fourth-order valence-corrected chi connectivity index (χ4v) is 4.89. The van der Waals surface area contributed by atoms with Crippen molar-refractivity contribution in [1.82, 2.24) is 20.0 Å². The molecule has 1 aliphatic rings. The summed E-state index contributed by atoms with van der Waals surface area (Å²) < 4.78 is 26.4. The molecule has 0 radical (unpaired) electrons. The molecule has 2 amide bonds. The van der Waals surface area contributed by atoms with Crippen LogP contribution in [0.25, 0.3) is 16.9 Å². The van der Waals surface area contributed by atoms with Gasteiger partial charge >= 0.3 is 0 Å². The second-order valence-electron chi connectivity index (χ2n) is 9.42. The van der Waals surface area contributed by atoms with Crippen LogP contribution in [-0.2, 0) is 4.79 Å². The number of amides is 2. The molecule has 1 heterocycles. The van der Waals surface area contributed by atoms with Crippen molar-refractivity contribution in [2.45, 2.75) is 38.1 Å². The molecule has 4 rings (SSSR count). The maximum absolute atomic E-state index is 13.7. The van der Waals surface area contributed by atoms with Crippen molar-refractivity contribution < 1.29 is 23.5 Å². The molecule has 37 heavy (non-hydrogen) atoms. The van der Waals surface area contributed by atoms with Gasteiger partial charge in [0.25, 0.3) is 5.91 Å². The molecule has 0 bridgehead atoms. The third-order valence-electron chi connectivity index (χ3n) is 6.81. The van der Waals surface area contributed by atoms with Gasteiger partial charge in [-0.05, 0) is 61.2 Å². The molecule has 1 unspecified atom stereocenters. The van der Waals surface area contributed by atoms with E-state index in [0.717, 1.165) is 32.1 Å². The van der Waals surface area contributed by atoms with Crippen LogP contribution in [0.3, 0.4) is 0 Å². The molecule has 0 aliphatic heterocycles. The maximum Gasteiger partial charge on any atom is 0.272 e. The molecule has 1 N–H and O–H groups in total. The minimum absolute atomic E-state index is 0.0700. The van der Waals surface area contributed by atoms with Crippen molar-refractivity contribution in [3.8, 4) is 28.4 Å². The molecule has 1 saturated carbocycles. The molecule has 1 aliphatic carbocycles. The highest BCUT2D eigenvalue weighted by Crippen LogP contribution is 2.39. The van der Waals surface area contributed by atoms with E-state index >= 15 is 0 Å². The molecule has 8 nitrogen and oxygen atoms in total. The number of aromatic nitrogens is 2. The number of carbonyl (C=O) groups is 2. The van der Waals surface area contributed by atoms with Crippen LogP contribution in [0.1, 0.15) is 42.6 Å². The number of ether oxygens (including phenoxy) is 2. The lowest BCUT2D eigenvalue weighted by Crippen LogP contribution is -2.51. The van der Waals surface area contributed by atoms with Gasteiger partial charge in [0.1, 0.15) is 23.4 Å². The predicted molar refractivity (Wildman–Crippen MR) is 139 cm³/mol. The molecular weight excluding hydrogens is 475 g/mol. The van der Waals surface area contributed by atoms with Gasteiger partial charge in [-0.3, -0.25) is 9.59 Å². The Morgan fingerprint density at radius 3 is 2.22 bits per heavy atom. The van der Waals surface area contributed by atoms with Crippen LogP contribution in [0.4, 0.5) is 4.39 Å². The van der Waals surface area contributed by atoms with Crippen molar-refractivity contribution in [2.75, 3.05) is 28.3 Å². The number of nitrogens with one attached hydrogen (secondary N) is 1. The average Bonchev–Trinajstić information content (AvgIpc) is 3.36. The molecule has 0 saturated heterocycles. The molecule has 3 aromatic rings. The van der Waals surface area contributed by atoms with Crippen molar-refractivity contribution >= 4 is 11.8 Å². The number of benzene rings is 2. The van der Waals surface area contributed by atoms with Crippen molar-refractivity contribution in [2.24, 2.45) is 5.92 Å². The van der Waals surface area contributed by atoms with Gasteiger partial charge < -0.3 is 19.7 Å². The van der Waals surface area contributed by atoms with Crippen molar-refractivity contribution in [3.05, 3.63) is 60.0 Å². The van der Waals surface area contributed by atoms with Crippen LogP contribution in [-0.4, -0.2) is 60.9 Å². The summed E-state index contributed by atoms with van der Waals surface area (Å²) >= 11 is 0. The Balaban J connectivity index is 1.78. The van der Waals surface area contributed by atoms with Gasteiger partial charge in [-0.15, -0.1) is 0 Å². The highest BCUT2D eigenvalue weighted by atomic mass is 19.1. The summed E-state index contributed by atoms with van der Waals surface area (Å²) in [5.41, 5.74) is 1.80. The highest BCUT2D eigenvalue weighted by molar-refractivity contribution is 5.97. The van der Waals surface area contributed by atoms with Crippen LogP contribution in [0.2, 0.25) is 0 Å². The van der Waals surface area contributed by atoms with Gasteiger partial charge in [0, 0.05) is 14.1 Å². The summed E-state index contributed by atoms with van der Waals surface area (Å²) in [6, 6.07) is 12.2. The topological polar surface area (TPSA) is 85.7 Å². The first-order chi connectivity index (χ1) is 17.8. The second-order valence-corrected chi connectivity index (χ2v) is 9.42. The second kappa shape index (κ2) is 11.5. The van der Waals surface area contributed by atoms with Crippen LogP contribution in [0.5, 0.6) is 11.5 Å². The molecule has 0 spiro atoms. The van der Waals surface area contributed by atoms with E-state index in [-0.39, 0.29) is 23.3 Å². The summed E-state index contributed by atoms with van der Waals surface area (Å²) in [4.78, 5) is 28.1. The Morgan fingerprint density at radius 1 is 1.03 bits per heavy atom. The Bertz CT molecular complexity index is 1230. The maximum atomic E-state index is 13.7. The minimum atomic E-state index is -0.636.